The third kappa shape index (κ3) is 4.20. The van der Waals surface area contributed by atoms with Crippen LogP contribution in [-0.4, -0.2) is 17.5 Å². The van der Waals surface area contributed by atoms with Crippen molar-refractivity contribution < 1.29 is 9.53 Å². The fourth-order valence-electron chi connectivity index (χ4n) is 2.73. The van der Waals surface area contributed by atoms with E-state index in [0.29, 0.717) is 5.75 Å². The van der Waals surface area contributed by atoms with Gasteiger partial charge in [0.25, 0.3) is 5.91 Å². The highest BCUT2D eigenvalue weighted by atomic mass is 16.5. The molecule has 0 radical (unpaired) electrons. The number of nitrogens with one attached hydrogen (secondary N) is 1. The number of hydrogen-bond acceptors (Lipinski definition) is 3. The monoisotopic (exact) mass is 348 g/mol. The van der Waals surface area contributed by atoms with E-state index >= 15 is 0 Å². The third-order valence-corrected chi connectivity index (χ3v) is 4.22. The molecule has 1 aromatic heterocycles. The summed E-state index contributed by atoms with van der Waals surface area (Å²) in [5.74, 6) is 0.419. The van der Waals surface area contributed by atoms with Gasteiger partial charge in [-0.25, -0.2) is 4.98 Å². The van der Waals surface area contributed by atoms with Crippen LogP contribution in [-0.2, 0) is 10.2 Å². The van der Waals surface area contributed by atoms with Crippen molar-refractivity contribution in [1.82, 2.24) is 4.98 Å². The number of nitrogens with zero attached hydrogens (tertiary/aromatic N) is 1. The lowest BCUT2D eigenvalue weighted by atomic mass is 9.87. The standard InChI is InChI=1S/C22H24N2O2/c1-15-8-9-16-6-5-7-19(21(16)23-15)26-14-20(25)24-18-12-10-17(11-13-18)22(2,3)4/h5-13H,14H2,1-4H3,(H,24,25). The van der Waals surface area contributed by atoms with Gasteiger partial charge in [-0.2, -0.15) is 0 Å². The first kappa shape index (κ1) is 17.9. The summed E-state index contributed by atoms with van der Waals surface area (Å²) >= 11 is 0. The van der Waals surface area contributed by atoms with Gasteiger partial charge >= 0.3 is 0 Å². The van der Waals surface area contributed by atoms with Crippen molar-refractivity contribution in [2.75, 3.05) is 11.9 Å². The molecule has 0 saturated carbocycles. The van der Waals surface area contributed by atoms with E-state index in [2.05, 4.69) is 31.1 Å². The second kappa shape index (κ2) is 7.16. The minimum absolute atomic E-state index is 0.0598. The molecule has 4 heteroatoms. The predicted molar refractivity (Wildman–Crippen MR) is 106 cm³/mol. The van der Waals surface area contributed by atoms with Gasteiger partial charge in [0.05, 0.1) is 0 Å². The van der Waals surface area contributed by atoms with Gasteiger partial charge in [-0.3, -0.25) is 4.79 Å². The lowest BCUT2D eigenvalue weighted by Crippen LogP contribution is -2.20. The first-order chi connectivity index (χ1) is 12.3. The van der Waals surface area contributed by atoms with Crippen molar-refractivity contribution in [3.05, 3.63) is 65.9 Å². The van der Waals surface area contributed by atoms with Crippen LogP contribution >= 0.6 is 0 Å². The minimum atomic E-state index is -0.196. The Kier molecular flexibility index (Phi) is 4.94. The second-order valence-corrected chi connectivity index (χ2v) is 7.44. The maximum absolute atomic E-state index is 12.2. The number of aryl methyl sites for hydroxylation is 1. The molecule has 2 aromatic carbocycles. The highest BCUT2D eigenvalue weighted by Crippen LogP contribution is 2.25. The number of benzene rings is 2. The highest BCUT2D eigenvalue weighted by Gasteiger charge is 2.13. The Morgan fingerprint density at radius 2 is 1.77 bits per heavy atom. The van der Waals surface area contributed by atoms with Crippen LogP contribution < -0.4 is 10.1 Å². The number of ether oxygens (including phenoxy) is 1. The number of amides is 1. The number of fused-ring (bicyclic) bond motifs is 1. The summed E-state index contributed by atoms with van der Waals surface area (Å²) in [6, 6.07) is 17.6. The van der Waals surface area contributed by atoms with Gasteiger partial charge in [0.2, 0.25) is 0 Å². The zero-order valence-electron chi connectivity index (χ0n) is 15.7. The van der Waals surface area contributed by atoms with Gasteiger partial charge in [0.15, 0.2) is 6.61 Å². The van der Waals surface area contributed by atoms with E-state index in [9.17, 15) is 4.79 Å². The van der Waals surface area contributed by atoms with Crippen LogP contribution in [0.25, 0.3) is 10.9 Å². The van der Waals surface area contributed by atoms with E-state index in [0.717, 1.165) is 22.3 Å². The number of pyridine rings is 1. The Bertz CT molecular complexity index is 925. The molecule has 26 heavy (non-hydrogen) atoms. The number of hydrogen-bond donors (Lipinski definition) is 1. The quantitative estimate of drug-likeness (QED) is 0.733. The summed E-state index contributed by atoms with van der Waals surface area (Å²) < 4.78 is 5.71. The number of carbonyl (C=O) groups excluding carboxylic acids is 1. The van der Waals surface area contributed by atoms with Crippen molar-refractivity contribution in [1.29, 1.82) is 0 Å². The summed E-state index contributed by atoms with van der Waals surface area (Å²) in [7, 11) is 0. The number of rotatable bonds is 4. The van der Waals surface area contributed by atoms with E-state index in [1.165, 1.54) is 5.56 Å². The fourth-order valence-corrected chi connectivity index (χ4v) is 2.73. The summed E-state index contributed by atoms with van der Waals surface area (Å²) in [5, 5.41) is 3.86. The third-order valence-electron chi connectivity index (χ3n) is 4.22. The van der Waals surface area contributed by atoms with Crippen molar-refractivity contribution in [3.8, 4) is 5.75 Å². The minimum Gasteiger partial charge on any atom is -0.481 e. The van der Waals surface area contributed by atoms with E-state index < -0.39 is 0 Å². The van der Waals surface area contributed by atoms with Gasteiger partial charge < -0.3 is 10.1 Å². The van der Waals surface area contributed by atoms with Crippen molar-refractivity contribution in [3.63, 3.8) is 0 Å². The largest absolute Gasteiger partial charge is 0.481 e. The molecule has 3 rings (SSSR count). The zero-order chi connectivity index (χ0) is 18.7. The average molecular weight is 348 g/mol. The molecule has 0 spiro atoms. The molecule has 0 aliphatic heterocycles. The van der Waals surface area contributed by atoms with Crippen LogP contribution in [0.2, 0.25) is 0 Å². The molecule has 0 unspecified atom stereocenters. The van der Waals surface area contributed by atoms with Crippen molar-refractivity contribution in [2.24, 2.45) is 0 Å². The SMILES string of the molecule is Cc1ccc2cccc(OCC(=O)Nc3ccc(C(C)(C)C)cc3)c2n1. The summed E-state index contributed by atoms with van der Waals surface area (Å²) in [6.45, 7) is 8.36. The molecule has 134 valence electrons. The fraction of sp³-hybridized carbons (Fsp3) is 0.273. The van der Waals surface area contributed by atoms with Gasteiger partial charge in [0.1, 0.15) is 11.3 Å². The molecule has 0 saturated heterocycles. The molecular formula is C22H24N2O2. The summed E-state index contributed by atoms with van der Waals surface area (Å²) in [5.41, 5.74) is 3.76. The molecule has 0 atom stereocenters. The molecule has 0 bridgehead atoms. The Morgan fingerprint density at radius 3 is 2.46 bits per heavy atom. The normalized spacial score (nSPS) is 11.4. The van der Waals surface area contributed by atoms with E-state index in [4.69, 9.17) is 4.74 Å². The summed E-state index contributed by atoms with van der Waals surface area (Å²) in [4.78, 5) is 16.7. The van der Waals surface area contributed by atoms with E-state index in [1.807, 2.05) is 61.5 Å². The average Bonchev–Trinajstić information content (AvgIpc) is 2.59. The summed E-state index contributed by atoms with van der Waals surface area (Å²) in [6.07, 6.45) is 0. The second-order valence-electron chi connectivity index (χ2n) is 7.44. The highest BCUT2D eigenvalue weighted by molar-refractivity contribution is 5.92. The van der Waals surface area contributed by atoms with Crippen LogP contribution in [0.3, 0.4) is 0 Å². The maximum atomic E-state index is 12.2. The number of aromatic nitrogens is 1. The van der Waals surface area contributed by atoms with Gasteiger partial charge in [-0.15, -0.1) is 0 Å². The van der Waals surface area contributed by atoms with Crippen LogP contribution in [0, 0.1) is 6.92 Å². The van der Waals surface area contributed by atoms with Crippen molar-refractivity contribution in [2.45, 2.75) is 33.1 Å². The lowest BCUT2D eigenvalue weighted by molar-refractivity contribution is -0.118. The Balaban J connectivity index is 1.65. The number of anilines is 1. The zero-order valence-corrected chi connectivity index (χ0v) is 15.7. The van der Waals surface area contributed by atoms with Gasteiger partial charge in [-0.05, 0) is 42.2 Å². The molecule has 1 N–H and O–H groups in total. The Hall–Kier alpha value is -2.88. The first-order valence-corrected chi connectivity index (χ1v) is 8.72. The molecule has 1 amide bonds. The lowest BCUT2D eigenvalue weighted by Gasteiger charge is -2.19. The molecule has 1 heterocycles. The first-order valence-electron chi connectivity index (χ1n) is 8.72. The Labute approximate surface area is 154 Å². The van der Waals surface area contributed by atoms with Crippen molar-refractivity contribution >= 4 is 22.5 Å². The number of para-hydroxylation sites is 1. The van der Waals surface area contributed by atoms with Crippen LogP contribution in [0.4, 0.5) is 5.69 Å². The van der Waals surface area contributed by atoms with E-state index in [-0.39, 0.29) is 17.9 Å². The molecule has 4 nitrogen and oxygen atoms in total. The smallest absolute Gasteiger partial charge is 0.262 e. The molecule has 0 fully saturated rings. The predicted octanol–water partition coefficient (Wildman–Crippen LogP) is 4.86. The van der Waals surface area contributed by atoms with E-state index in [1.54, 1.807) is 0 Å². The van der Waals surface area contributed by atoms with Gasteiger partial charge in [-0.1, -0.05) is 51.1 Å². The molecule has 3 aromatic rings. The topological polar surface area (TPSA) is 51.2 Å². The molecule has 0 aliphatic rings. The van der Waals surface area contributed by atoms with Crippen LogP contribution in [0.1, 0.15) is 32.0 Å². The Morgan fingerprint density at radius 1 is 1.04 bits per heavy atom. The van der Waals surface area contributed by atoms with Crippen LogP contribution in [0.5, 0.6) is 5.75 Å². The molecular weight excluding hydrogens is 324 g/mol. The van der Waals surface area contributed by atoms with Gasteiger partial charge in [0, 0.05) is 16.8 Å². The maximum Gasteiger partial charge on any atom is 0.262 e. The number of carbonyl (C=O) groups is 1. The molecule has 0 aliphatic carbocycles. The van der Waals surface area contributed by atoms with Crippen LogP contribution in [0.15, 0.2) is 54.6 Å².